The summed E-state index contributed by atoms with van der Waals surface area (Å²) in [6.45, 7) is 4.26. The molecule has 1 aromatic rings. The molecule has 0 spiro atoms. The Balaban J connectivity index is 1.74. The Hall–Kier alpha value is -1.59. The number of carbonyl (C=O) groups is 1. The first-order chi connectivity index (χ1) is 9.65. The van der Waals surface area contributed by atoms with E-state index in [-0.39, 0.29) is 12.1 Å². The van der Waals surface area contributed by atoms with Gasteiger partial charge in [-0.25, -0.2) is 4.79 Å². The monoisotopic (exact) mass is 277 g/mol. The molecule has 0 saturated carbocycles. The van der Waals surface area contributed by atoms with E-state index in [1.165, 1.54) is 0 Å². The van der Waals surface area contributed by atoms with Gasteiger partial charge >= 0.3 is 6.03 Å². The van der Waals surface area contributed by atoms with Gasteiger partial charge in [0, 0.05) is 31.5 Å². The number of benzene rings is 1. The third-order valence-electron chi connectivity index (χ3n) is 3.53. The Morgan fingerprint density at radius 2 is 2.40 bits per heavy atom. The molecule has 5 heteroatoms. The molecule has 1 aromatic carbocycles. The van der Waals surface area contributed by atoms with Gasteiger partial charge in [0.1, 0.15) is 0 Å². The van der Waals surface area contributed by atoms with E-state index in [1.54, 1.807) is 0 Å². The maximum atomic E-state index is 11.8. The first-order valence-corrected chi connectivity index (χ1v) is 7.13. The van der Waals surface area contributed by atoms with Crippen LogP contribution >= 0.6 is 0 Å². The molecule has 4 N–H and O–H groups in total. The van der Waals surface area contributed by atoms with Gasteiger partial charge in [0.05, 0.1) is 0 Å². The van der Waals surface area contributed by atoms with Crippen molar-refractivity contribution < 1.29 is 9.53 Å². The van der Waals surface area contributed by atoms with Gasteiger partial charge in [-0.3, -0.25) is 0 Å². The van der Waals surface area contributed by atoms with Crippen molar-refractivity contribution in [3.63, 3.8) is 0 Å². The van der Waals surface area contributed by atoms with E-state index >= 15 is 0 Å². The van der Waals surface area contributed by atoms with Crippen LogP contribution in [0.2, 0.25) is 0 Å². The maximum absolute atomic E-state index is 11.8. The zero-order valence-electron chi connectivity index (χ0n) is 11.9. The topological polar surface area (TPSA) is 76.4 Å². The molecule has 0 aliphatic carbocycles. The van der Waals surface area contributed by atoms with Crippen molar-refractivity contribution in [1.29, 1.82) is 0 Å². The molecule has 2 amide bonds. The fourth-order valence-electron chi connectivity index (χ4n) is 2.28. The molecule has 2 rings (SSSR count). The number of nitrogens with two attached hydrogens (primary N) is 1. The standard InChI is InChI=1S/C15H23N3O2/c1-11(16)13-3-2-4-14(9-13)18-15(19)17-7-5-12-6-8-20-10-12/h2-4,9,11-12H,5-8,10,16H2,1H3,(H2,17,18,19). The van der Waals surface area contributed by atoms with Crippen LogP contribution in [-0.2, 0) is 4.74 Å². The summed E-state index contributed by atoms with van der Waals surface area (Å²) in [6.07, 6.45) is 2.06. The van der Waals surface area contributed by atoms with Gasteiger partial charge in [-0.05, 0) is 43.4 Å². The second-order valence-corrected chi connectivity index (χ2v) is 5.31. The van der Waals surface area contributed by atoms with Crippen LogP contribution in [0.4, 0.5) is 10.5 Å². The molecule has 1 saturated heterocycles. The van der Waals surface area contributed by atoms with Crippen molar-refractivity contribution in [1.82, 2.24) is 5.32 Å². The molecular weight excluding hydrogens is 254 g/mol. The van der Waals surface area contributed by atoms with Crippen LogP contribution in [0.3, 0.4) is 0 Å². The Morgan fingerprint density at radius 3 is 3.10 bits per heavy atom. The lowest BCUT2D eigenvalue weighted by atomic mass is 10.1. The number of urea groups is 1. The number of ether oxygens (including phenoxy) is 1. The van der Waals surface area contributed by atoms with Crippen LogP contribution in [0, 0.1) is 5.92 Å². The molecule has 0 bridgehead atoms. The molecule has 1 aliphatic heterocycles. The first-order valence-electron chi connectivity index (χ1n) is 7.13. The lowest BCUT2D eigenvalue weighted by Gasteiger charge is -2.11. The SMILES string of the molecule is CC(N)c1cccc(NC(=O)NCCC2CCOC2)c1. The minimum Gasteiger partial charge on any atom is -0.381 e. The number of amides is 2. The van der Waals surface area contributed by atoms with Gasteiger partial charge in [0.2, 0.25) is 0 Å². The number of hydrogen-bond acceptors (Lipinski definition) is 3. The zero-order valence-corrected chi connectivity index (χ0v) is 11.9. The Bertz CT molecular complexity index is 442. The number of carbonyl (C=O) groups excluding carboxylic acids is 1. The molecule has 0 radical (unpaired) electrons. The van der Waals surface area contributed by atoms with Crippen molar-refractivity contribution in [2.75, 3.05) is 25.1 Å². The van der Waals surface area contributed by atoms with E-state index in [0.29, 0.717) is 12.5 Å². The lowest BCUT2D eigenvalue weighted by Crippen LogP contribution is -2.30. The predicted octanol–water partition coefficient (Wildman–Crippen LogP) is 2.25. The van der Waals surface area contributed by atoms with Gasteiger partial charge in [-0.15, -0.1) is 0 Å². The molecule has 2 atom stereocenters. The molecule has 2 unspecified atom stereocenters. The van der Waals surface area contributed by atoms with Crippen LogP contribution < -0.4 is 16.4 Å². The van der Waals surface area contributed by atoms with Crippen molar-refractivity contribution >= 4 is 11.7 Å². The fourth-order valence-corrected chi connectivity index (χ4v) is 2.28. The summed E-state index contributed by atoms with van der Waals surface area (Å²) in [6, 6.07) is 7.39. The van der Waals surface area contributed by atoms with Crippen molar-refractivity contribution in [2.24, 2.45) is 11.7 Å². The third-order valence-corrected chi connectivity index (χ3v) is 3.53. The number of rotatable bonds is 5. The van der Waals surface area contributed by atoms with E-state index in [9.17, 15) is 4.79 Å². The van der Waals surface area contributed by atoms with Crippen LogP contribution in [-0.4, -0.2) is 25.8 Å². The van der Waals surface area contributed by atoms with E-state index in [2.05, 4.69) is 10.6 Å². The van der Waals surface area contributed by atoms with E-state index < -0.39 is 0 Å². The Labute approximate surface area is 119 Å². The van der Waals surface area contributed by atoms with Gasteiger partial charge in [0.25, 0.3) is 0 Å². The molecule has 110 valence electrons. The highest BCUT2D eigenvalue weighted by atomic mass is 16.5. The summed E-state index contributed by atoms with van der Waals surface area (Å²) in [5.74, 6) is 0.580. The van der Waals surface area contributed by atoms with Crippen molar-refractivity contribution in [3.05, 3.63) is 29.8 Å². The summed E-state index contributed by atoms with van der Waals surface area (Å²) in [4.78, 5) is 11.8. The molecular formula is C15H23N3O2. The number of nitrogens with one attached hydrogen (secondary N) is 2. The highest BCUT2D eigenvalue weighted by Gasteiger charge is 2.15. The van der Waals surface area contributed by atoms with E-state index in [1.807, 2.05) is 31.2 Å². The highest BCUT2D eigenvalue weighted by Crippen LogP contribution is 2.16. The third kappa shape index (κ3) is 4.51. The van der Waals surface area contributed by atoms with E-state index in [0.717, 1.165) is 37.3 Å². The fraction of sp³-hybridized carbons (Fsp3) is 0.533. The predicted molar refractivity (Wildman–Crippen MR) is 79.6 cm³/mol. The second-order valence-electron chi connectivity index (χ2n) is 5.31. The normalized spacial score (nSPS) is 19.6. The molecule has 1 heterocycles. The minimum absolute atomic E-state index is 0.0397. The average Bonchev–Trinajstić information content (AvgIpc) is 2.92. The van der Waals surface area contributed by atoms with Crippen LogP contribution in [0.5, 0.6) is 0 Å². The van der Waals surface area contributed by atoms with Gasteiger partial charge in [-0.1, -0.05) is 12.1 Å². The molecule has 0 aromatic heterocycles. The quantitative estimate of drug-likeness (QED) is 0.772. The Kier molecular flexibility index (Phi) is 5.38. The van der Waals surface area contributed by atoms with E-state index in [4.69, 9.17) is 10.5 Å². The lowest BCUT2D eigenvalue weighted by molar-refractivity contribution is 0.184. The molecule has 20 heavy (non-hydrogen) atoms. The smallest absolute Gasteiger partial charge is 0.319 e. The maximum Gasteiger partial charge on any atom is 0.319 e. The largest absolute Gasteiger partial charge is 0.381 e. The van der Waals surface area contributed by atoms with Crippen molar-refractivity contribution in [2.45, 2.75) is 25.8 Å². The highest BCUT2D eigenvalue weighted by molar-refractivity contribution is 5.89. The number of hydrogen-bond donors (Lipinski definition) is 3. The van der Waals surface area contributed by atoms with Gasteiger partial charge in [0.15, 0.2) is 0 Å². The van der Waals surface area contributed by atoms with Gasteiger partial charge < -0.3 is 21.1 Å². The van der Waals surface area contributed by atoms with Crippen LogP contribution in [0.25, 0.3) is 0 Å². The molecule has 1 aliphatic rings. The van der Waals surface area contributed by atoms with Crippen LogP contribution in [0.1, 0.15) is 31.4 Å². The summed E-state index contributed by atoms with van der Waals surface area (Å²) >= 11 is 0. The Morgan fingerprint density at radius 1 is 1.55 bits per heavy atom. The summed E-state index contributed by atoms with van der Waals surface area (Å²) in [5.41, 5.74) is 7.59. The van der Waals surface area contributed by atoms with Crippen LogP contribution in [0.15, 0.2) is 24.3 Å². The number of anilines is 1. The van der Waals surface area contributed by atoms with Crippen molar-refractivity contribution in [3.8, 4) is 0 Å². The summed E-state index contributed by atoms with van der Waals surface area (Å²) in [7, 11) is 0. The zero-order chi connectivity index (χ0) is 14.4. The average molecular weight is 277 g/mol. The second kappa shape index (κ2) is 7.26. The minimum atomic E-state index is -0.175. The molecule has 5 nitrogen and oxygen atoms in total. The first kappa shape index (κ1) is 14.8. The summed E-state index contributed by atoms with van der Waals surface area (Å²) in [5, 5.41) is 5.70. The molecule has 1 fully saturated rings. The summed E-state index contributed by atoms with van der Waals surface area (Å²) < 4.78 is 5.31. The van der Waals surface area contributed by atoms with Gasteiger partial charge in [-0.2, -0.15) is 0 Å².